The highest BCUT2D eigenvalue weighted by Crippen LogP contribution is 2.22. The lowest BCUT2D eigenvalue weighted by molar-refractivity contribution is 0.0982. The van der Waals surface area contributed by atoms with Crippen LogP contribution in [0.4, 0.5) is 5.69 Å². The van der Waals surface area contributed by atoms with Gasteiger partial charge in [-0.3, -0.25) is 4.79 Å². The third-order valence-corrected chi connectivity index (χ3v) is 3.94. The van der Waals surface area contributed by atoms with E-state index in [4.69, 9.17) is 0 Å². The number of anilines is 1. The number of amides is 1. The first-order valence-corrected chi connectivity index (χ1v) is 7.98. The Kier molecular flexibility index (Phi) is 4.42. The molecule has 122 valence electrons. The molecule has 5 nitrogen and oxygen atoms in total. The number of aryl methyl sites for hydroxylation is 2. The van der Waals surface area contributed by atoms with Gasteiger partial charge in [0.15, 0.2) is 5.69 Å². The van der Waals surface area contributed by atoms with E-state index in [9.17, 15) is 4.79 Å². The quantitative estimate of drug-likeness (QED) is 0.738. The number of hydrogen-bond acceptors (Lipinski definition) is 3. The zero-order valence-electron chi connectivity index (χ0n) is 14.1. The molecule has 0 aliphatic heterocycles. The van der Waals surface area contributed by atoms with E-state index in [1.165, 1.54) is 4.80 Å². The number of carbonyl (C=O) groups is 1. The minimum atomic E-state index is -0.133. The highest BCUT2D eigenvalue weighted by atomic mass is 16.2. The summed E-state index contributed by atoms with van der Waals surface area (Å²) in [5.41, 5.74) is 3.79. The Hall–Kier alpha value is -2.95. The molecule has 0 atom stereocenters. The highest BCUT2D eigenvalue weighted by Gasteiger charge is 2.23. The molecule has 0 spiro atoms. The Bertz CT molecular complexity index is 855. The van der Waals surface area contributed by atoms with Crippen molar-refractivity contribution < 1.29 is 4.79 Å². The lowest BCUT2D eigenvalue weighted by Crippen LogP contribution is -2.32. The van der Waals surface area contributed by atoms with Crippen molar-refractivity contribution >= 4 is 11.6 Å². The van der Waals surface area contributed by atoms with Crippen LogP contribution in [0.1, 0.15) is 28.7 Å². The van der Waals surface area contributed by atoms with Crippen molar-refractivity contribution in [1.29, 1.82) is 0 Å². The van der Waals surface area contributed by atoms with Gasteiger partial charge >= 0.3 is 0 Å². The Morgan fingerprint density at radius 2 is 1.67 bits per heavy atom. The molecule has 0 N–H and O–H groups in total. The van der Waals surface area contributed by atoms with Crippen LogP contribution < -0.4 is 4.90 Å². The molecular formula is C19H20N4O. The molecule has 0 fully saturated rings. The predicted octanol–water partition coefficient (Wildman–Crippen LogP) is 3.55. The lowest BCUT2D eigenvalue weighted by atomic mass is 10.1. The van der Waals surface area contributed by atoms with Crippen LogP contribution >= 0.6 is 0 Å². The second-order valence-electron chi connectivity index (χ2n) is 5.59. The van der Waals surface area contributed by atoms with Gasteiger partial charge in [0.1, 0.15) is 0 Å². The fraction of sp³-hybridized carbons (Fsp3) is 0.211. The van der Waals surface area contributed by atoms with Crippen LogP contribution in [-0.2, 0) is 0 Å². The molecule has 0 bridgehead atoms. The molecule has 0 saturated carbocycles. The largest absolute Gasteiger partial charge is 0.307 e. The average Bonchev–Trinajstić information content (AvgIpc) is 3.00. The van der Waals surface area contributed by atoms with Gasteiger partial charge in [-0.15, -0.1) is 5.10 Å². The van der Waals surface area contributed by atoms with E-state index in [0.717, 1.165) is 16.9 Å². The first kappa shape index (κ1) is 15.9. The maximum absolute atomic E-state index is 13.0. The van der Waals surface area contributed by atoms with E-state index in [0.29, 0.717) is 17.9 Å². The second kappa shape index (κ2) is 6.66. The number of rotatable bonds is 4. The van der Waals surface area contributed by atoms with Gasteiger partial charge < -0.3 is 4.90 Å². The number of carbonyl (C=O) groups excluding carboxylic acids is 1. The van der Waals surface area contributed by atoms with Gasteiger partial charge in [0.25, 0.3) is 5.91 Å². The van der Waals surface area contributed by atoms with E-state index in [2.05, 4.69) is 10.2 Å². The van der Waals surface area contributed by atoms with Gasteiger partial charge in [-0.25, -0.2) is 0 Å². The summed E-state index contributed by atoms with van der Waals surface area (Å²) in [7, 11) is 0. The van der Waals surface area contributed by atoms with Crippen molar-refractivity contribution in [2.24, 2.45) is 0 Å². The van der Waals surface area contributed by atoms with Crippen LogP contribution in [-0.4, -0.2) is 27.4 Å². The Labute approximate surface area is 141 Å². The van der Waals surface area contributed by atoms with Crippen molar-refractivity contribution in [1.82, 2.24) is 15.0 Å². The number of hydrogen-bond donors (Lipinski definition) is 0. The van der Waals surface area contributed by atoms with Gasteiger partial charge in [0.05, 0.1) is 11.4 Å². The molecule has 3 aromatic rings. The monoisotopic (exact) mass is 320 g/mol. The van der Waals surface area contributed by atoms with Gasteiger partial charge in [-0.2, -0.15) is 9.90 Å². The Morgan fingerprint density at radius 1 is 1.00 bits per heavy atom. The minimum absolute atomic E-state index is 0.133. The fourth-order valence-electron chi connectivity index (χ4n) is 2.67. The molecule has 0 saturated heterocycles. The summed E-state index contributed by atoms with van der Waals surface area (Å²) in [6.45, 7) is 6.34. The predicted molar refractivity (Wildman–Crippen MR) is 94.6 cm³/mol. The topological polar surface area (TPSA) is 51.0 Å². The van der Waals surface area contributed by atoms with Crippen LogP contribution in [0.25, 0.3) is 5.69 Å². The first-order chi connectivity index (χ1) is 11.6. The van der Waals surface area contributed by atoms with Gasteiger partial charge in [-0.05, 0) is 44.5 Å². The summed E-state index contributed by atoms with van der Waals surface area (Å²) >= 11 is 0. The van der Waals surface area contributed by atoms with E-state index in [-0.39, 0.29) is 5.91 Å². The van der Waals surface area contributed by atoms with E-state index in [1.54, 1.807) is 4.90 Å². The van der Waals surface area contributed by atoms with Gasteiger partial charge in [0, 0.05) is 12.2 Å². The van der Waals surface area contributed by atoms with Crippen molar-refractivity contribution in [3.63, 3.8) is 0 Å². The van der Waals surface area contributed by atoms with Crippen molar-refractivity contribution in [3.05, 3.63) is 71.5 Å². The molecule has 5 heteroatoms. The SMILES string of the molecule is CCN(C(=O)c1nn(-c2ccccc2)nc1C)c1ccccc1C. The van der Waals surface area contributed by atoms with Crippen LogP contribution in [0.15, 0.2) is 54.6 Å². The summed E-state index contributed by atoms with van der Waals surface area (Å²) in [5.74, 6) is -0.133. The molecule has 24 heavy (non-hydrogen) atoms. The highest BCUT2D eigenvalue weighted by molar-refractivity contribution is 6.05. The molecule has 1 amide bonds. The molecule has 0 radical (unpaired) electrons. The van der Waals surface area contributed by atoms with Crippen LogP contribution in [0.3, 0.4) is 0 Å². The summed E-state index contributed by atoms with van der Waals surface area (Å²) in [6, 6.07) is 17.4. The van der Waals surface area contributed by atoms with E-state index >= 15 is 0 Å². The molecular weight excluding hydrogens is 300 g/mol. The van der Waals surface area contributed by atoms with Crippen LogP contribution in [0, 0.1) is 13.8 Å². The number of aromatic nitrogens is 3. The Morgan fingerprint density at radius 3 is 2.33 bits per heavy atom. The number of para-hydroxylation sites is 2. The summed E-state index contributed by atoms with van der Waals surface area (Å²) < 4.78 is 0. The zero-order chi connectivity index (χ0) is 17.1. The molecule has 1 heterocycles. The third kappa shape index (κ3) is 2.93. The second-order valence-corrected chi connectivity index (χ2v) is 5.59. The van der Waals surface area contributed by atoms with Gasteiger partial charge in [-0.1, -0.05) is 36.4 Å². The fourth-order valence-corrected chi connectivity index (χ4v) is 2.67. The van der Waals surface area contributed by atoms with Crippen molar-refractivity contribution in [2.45, 2.75) is 20.8 Å². The van der Waals surface area contributed by atoms with Crippen LogP contribution in [0.2, 0.25) is 0 Å². The standard InChI is InChI=1S/C19H20N4O/c1-4-22(17-13-9-8-10-14(17)2)19(24)18-15(3)20-23(21-18)16-11-6-5-7-12-16/h5-13H,4H2,1-3H3. The van der Waals surface area contributed by atoms with E-state index < -0.39 is 0 Å². The third-order valence-electron chi connectivity index (χ3n) is 3.94. The average molecular weight is 320 g/mol. The first-order valence-electron chi connectivity index (χ1n) is 7.98. The molecule has 0 aliphatic rings. The number of nitrogens with zero attached hydrogens (tertiary/aromatic N) is 4. The summed E-state index contributed by atoms with van der Waals surface area (Å²) in [5, 5.41) is 8.81. The molecule has 1 aromatic heterocycles. The summed E-state index contributed by atoms with van der Waals surface area (Å²) in [6.07, 6.45) is 0. The van der Waals surface area contributed by atoms with Crippen molar-refractivity contribution in [3.8, 4) is 5.69 Å². The van der Waals surface area contributed by atoms with Crippen molar-refractivity contribution in [2.75, 3.05) is 11.4 Å². The molecule has 0 unspecified atom stereocenters. The number of benzene rings is 2. The maximum atomic E-state index is 13.0. The Balaban J connectivity index is 1.98. The van der Waals surface area contributed by atoms with E-state index in [1.807, 2.05) is 75.4 Å². The molecule has 2 aromatic carbocycles. The minimum Gasteiger partial charge on any atom is -0.307 e. The van der Waals surface area contributed by atoms with Crippen LogP contribution in [0.5, 0.6) is 0 Å². The maximum Gasteiger partial charge on any atom is 0.280 e. The normalized spacial score (nSPS) is 10.6. The van der Waals surface area contributed by atoms with Gasteiger partial charge in [0.2, 0.25) is 0 Å². The zero-order valence-corrected chi connectivity index (χ0v) is 14.1. The molecule has 3 rings (SSSR count). The summed E-state index contributed by atoms with van der Waals surface area (Å²) in [4.78, 5) is 16.3. The lowest BCUT2D eigenvalue weighted by Gasteiger charge is -2.22. The smallest absolute Gasteiger partial charge is 0.280 e. The molecule has 0 aliphatic carbocycles.